The molecule has 21 heavy (non-hydrogen) atoms. The third kappa shape index (κ3) is 4.14. The molecule has 2 atom stereocenters. The summed E-state index contributed by atoms with van der Waals surface area (Å²) in [7, 11) is 3.37. The average Bonchev–Trinajstić information content (AvgIpc) is 2.52. The van der Waals surface area contributed by atoms with E-state index in [0.717, 1.165) is 13.0 Å². The molecule has 1 aliphatic carbocycles. The minimum Gasteiger partial charge on any atom is -0.476 e. The number of hydrogen-bond acceptors (Lipinski definition) is 5. The van der Waals surface area contributed by atoms with Crippen LogP contribution >= 0.6 is 0 Å². The summed E-state index contributed by atoms with van der Waals surface area (Å²) < 4.78 is 5.72. The van der Waals surface area contributed by atoms with Gasteiger partial charge in [0, 0.05) is 20.2 Å². The highest BCUT2D eigenvalue weighted by Gasteiger charge is 2.24. The highest BCUT2D eigenvalue weighted by Crippen LogP contribution is 2.29. The van der Waals surface area contributed by atoms with Gasteiger partial charge in [-0.05, 0) is 37.3 Å². The van der Waals surface area contributed by atoms with Crippen molar-refractivity contribution in [2.75, 3.05) is 27.2 Å². The predicted molar refractivity (Wildman–Crippen MR) is 80.0 cm³/mol. The lowest BCUT2D eigenvalue weighted by atomic mass is 9.80. The van der Waals surface area contributed by atoms with Crippen molar-refractivity contribution in [1.82, 2.24) is 15.1 Å². The van der Waals surface area contributed by atoms with Crippen molar-refractivity contribution in [2.24, 2.45) is 17.6 Å². The van der Waals surface area contributed by atoms with Gasteiger partial charge in [-0.25, -0.2) is 0 Å². The van der Waals surface area contributed by atoms with E-state index in [0.29, 0.717) is 30.0 Å². The average molecular weight is 292 g/mol. The van der Waals surface area contributed by atoms with Gasteiger partial charge < -0.3 is 15.4 Å². The van der Waals surface area contributed by atoms with Gasteiger partial charge in [0.05, 0.1) is 6.61 Å². The second-order valence-corrected chi connectivity index (χ2v) is 5.81. The van der Waals surface area contributed by atoms with Crippen LogP contribution in [0.2, 0.25) is 0 Å². The second kappa shape index (κ2) is 7.36. The molecule has 1 fully saturated rings. The smallest absolute Gasteiger partial charge is 0.273 e. The highest BCUT2D eigenvalue weighted by molar-refractivity contribution is 5.91. The van der Waals surface area contributed by atoms with Crippen LogP contribution in [0.5, 0.6) is 5.88 Å². The molecule has 0 saturated heterocycles. The zero-order valence-electron chi connectivity index (χ0n) is 12.8. The van der Waals surface area contributed by atoms with Gasteiger partial charge in [-0.15, -0.1) is 10.2 Å². The van der Waals surface area contributed by atoms with Gasteiger partial charge in [-0.3, -0.25) is 4.79 Å². The first-order valence-corrected chi connectivity index (χ1v) is 7.50. The lowest BCUT2D eigenvalue weighted by Crippen LogP contribution is -2.31. The molecule has 2 rings (SSSR count). The summed E-state index contributed by atoms with van der Waals surface area (Å²) in [6.45, 7) is 1.34. The molecule has 2 N–H and O–H groups in total. The van der Waals surface area contributed by atoms with Crippen LogP contribution in [0.4, 0.5) is 0 Å². The molecule has 0 radical (unpaired) electrons. The van der Waals surface area contributed by atoms with Gasteiger partial charge >= 0.3 is 0 Å². The van der Waals surface area contributed by atoms with Crippen LogP contribution in [-0.4, -0.2) is 48.3 Å². The summed E-state index contributed by atoms with van der Waals surface area (Å²) >= 11 is 0. The highest BCUT2D eigenvalue weighted by atomic mass is 16.5. The van der Waals surface area contributed by atoms with Crippen LogP contribution in [0.1, 0.15) is 36.2 Å². The first-order chi connectivity index (χ1) is 10.1. The lowest BCUT2D eigenvalue weighted by molar-refractivity contribution is 0.0820. The summed E-state index contributed by atoms with van der Waals surface area (Å²) in [6, 6.07) is 3.34. The van der Waals surface area contributed by atoms with Crippen molar-refractivity contribution in [3.05, 3.63) is 17.8 Å². The van der Waals surface area contributed by atoms with Crippen molar-refractivity contribution in [3.63, 3.8) is 0 Å². The quantitative estimate of drug-likeness (QED) is 0.885. The number of ether oxygens (including phenoxy) is 1. The number of carbonyl (C=O) groups excluding carboxylic acids is 1. The Balaban J connectivity index is 1.90. The first kappa shape index (κ1) is 15.7. The Labute approximate surface area is 125 Å². The maximum atomic E-state index is 11.7. The van der Waals surface area contributed by atoms with E-state index < -0.39 is 0 Å². The zero-order valence-corrected chi connectivity index (χ0v) is 12.8. The maximum absolute atomic E-state index is 11.7. The Morgan fingerprint density at radius 3 is 2.57 bits per heavy atom. The van der Waals surface area contributed by atoms with Gasteiger partial charge in [0.15, 0.2) is 5.69 Å². The van der Waals surface area contributed by atoms with Crippen LogP contribution in [0.3, 0.4) is 0 Å². The molecule has 1 aromatic heterocycles. The SMILES string of the molecule is CN(C)C(=O)c1ccc(OCC2CCCCC2CN)nn1. The Kier molecular flexibility index (Phi) is 5.50. The summed E-state index contributed by atoms with van der Waals surface area (Å²) in [5.41, 5.74) is 6.14. The van der Waals surface area contributed by atoms with Gasteiger partial charge in [-0.1, -0.05) is 12.8 Å². The van der Waals surface area contributed by atoms with Crippen molar-refractivity contribution >= 4 is 5.91 Å². The molecule has 1 saturated carbocycles. The zero-order chi connectivity index (χ0) is 15.2. The Hall–Kier alpha value is -1.69. The molecule has 6 heteroatoms. The normalized spacial score (nSPS) is 21.9. The number of aromatic nitrogens is 2. The fourth-order valence-electron chi connectivity index (χ4n) is 2.75. The van der Waals surface area contributed by atoms with E-state index in [4.69, 9.17) is 10.5 Å². The fraction of sp³-hybridized carbons (Fsp3) is 0.667. The molecule has 2 unspecified atom stereocenters. The van der Waals surface area contributed by atoms with E-state index >= 15 is 0 Å². The van der Waals surface area contributed by atoms with Gasteiger partial charge in [-0.2, -0.15) is 0 Å². The van der Waals surface area contributed by atoms with Crippen molar-refractivity contribution < 1.29 is 9.53 Å². The topological polar surface area (TPSA) is 81.3 Å². The molecule has 0 aliphatic heterocycles. The lowest BCUT2D eigenvalue weighted by Gasteiger charge is -2.30. The molecule has 0 aromatic carbocycles. The molecular formula is C15H24N4O2. The molecule has 0 bridgehead atoms. The van der Waals surface area contributed by atoms with Gasteiger partial charge in [0.2, 0.25) is 5.88 Å². The Morgan fingerprint density at radius 1 is 1.29 bits per heavy atom. The maximum Gasteiger partial charge on any atom is 0.273 e. The molecule has 1 heterocycles. The molecule has 1 aromatic rings. The van der Waals surface area contributed by atoms with E-state index in [-0.39, 0.29) is 5.91 Å². The number of rotatable bonds is 5. The third-order valence-electron chi connectivity index (χ3n) is 4.08. The minimum absolute atomic E-state index is 0.162. The molecule has 116 valence electrons. The molecule has 6 nitrogen and oxygen atoms in total. The monoisotopic (exact) mass is 292 g/mol. The van der Waals surface area contributed by atoms with E-state index in [1.54, 1.807) is 26.2 Å². The Bertz CT molecular complexity index is 461. The van der Waals surface area contributed by atoms with E-state index in [1.807, 2.05) is 0 Å². The van der Waals surface area contributed by atoms with Gasteiger partial charge in [0.25, 0.3) is 5.91 Å². The van der Waals surface area contributed by atoms with Crippen LogP contribution in [0, 0.1) is 11.8 Å². The van der Waals surface area contributed by atoms with Crippen LogP contribution in [0.15, 0.2) is 12.1 Å². The van der Waals surface area contributed by atoms with Crippen LogP contribution in [-0.2, 0) is 0 Å². The Morgan fingerprint density at radius 2 is 2.00 bits per heavy atom. The summed E-state index contributed by atoms with van der Waals surface area (Å²) in [5, 5.41) is 7.88. The number of nitrogens with zero attached hydrogens (tertiary/aromatic N) is 3. The van der Waals surface area contributed by atoms with Crippen molar-refractivity contribution in [1.29, 1.82) is 0 Å². The van der Waals surface area contributed by atoms with Crippen molar-refractivity contribution in [2.45, 2.75) is 25.7 Å². The molecule has 1 aliphatic rings. The molecule has 1 amide bonds. The van der Waals surface area contributed by atoms with Gasteiger partial charge in [0.1, 0.15) is 0 Å². The van der Waals surface area contributed by atoms with Crippen LogP contribution < -0.4 is 10.5 Å². The number of hydrogen-bond donors (Lipinski definition) is 1. The largest absolute Gasteiger partial charge is 0.476 e. The summed E-state index contributed by atoms with van der Waals surface area (Å²) in [4.78, 5) is 13.2. The number of amides is 1. The molecular weight excluding hydrogens is 268 g/mol. The minimum atomic E-state index is -0.162. The number of nitrogens with two attached hydrogens (primary N) is 1. The third-order valence-corrected chi connectivity index (χ3v) is 4.08. The van der Waals surface area contributed by atoms with Crippen molar-refractivity contribution in [3.8, 4) is 5.88 Å². The second-order valence-electron chi connectivity index (χ2n) is 5.81. The first-order valence-electron chi connectivity index (χ1n) is 7.50. The van der Waals surface area contributed by atoms with E-state index in [9.17, 15) is 4.79 Å². The van der Waals surface area contributed by atoms with Crippen LogP contribution in [0.25, 0.3) is 0 Å². The number of carbonyl (C=O) groups is 1. The fourth-order valence-corrected chi connectivity index (χ4v) is 2.75. The van der Waals surface area contributed by atoms with E-state index in [1.165, 1.54) is 24.2 Å². The molecule has 0 spiro atoms. The summed E-state index contributed by atoms with van der Waals surface area (Å²) in [5.74, 6) is 1.34. The predicted octanol–water partition coefficient (Wildman–Crippen LogP) is 1.32. The van der Waals surface area contributed by atoms with E-state index in [2.05, 4.69) is 10.2 Å². The standard InChI is InChI=1S/C15H24N4O2/c1-19(2)15(20)13-7-8-14(18-17-13)21-10-12-6-4-3-5-11(12)9-16/h7-8,11-12H,3-6,9-10,16H2,1-2H3. The summed E-state index contributed by atoms with van der Waals surface area (Å²) in [6.07, 6.45) is 4.85.